The number of carbonyl (C=O) groups excluding carboxylic acids is 1. The normalized spacial score (nSPS) is 18.3. The van der Waals surface area contributed by atoms with Gasteiger partial charge >= 0.3 is 6.18 Å². The molecule has 34 heavy (non-hydrogen) atoms. The summed E-state index contributed by atoms with van der Waals surface area (Å²) < 4.78 is 46.8. The standard InChI is InChI=1S/C25H24F3N3O3/c1-3-4-13-34-18-11-9-17(10-12-18)22-14-20(19-7-5-6-8-21(19)29-22)23(32)31-24(33,25(26,27)28)15-16(2)30-31/h5-12,14,33H,3-4,13,15H2,1-2H3. The van der Waals surface area contributed by atoms with Gasteiger partial charge < -0.3 is 9.84 Å². The lowest BCUT2D eigenvalue weighted by Gasteiger charge is -2.32. The largest absolute Gasteiger partial charge is 0.494 e. The highest BCUT2D eigenvalue weighted by molar-refractivity contribution is 6.08. The molecule has 1 aliphatic rings. The summed E-state index contributed by atoms with van der Waals surface area (Å²) in [5.74, 6) is -0.373. The number of amides is 1. The number of alkyl halides is 3. The number of pyridine rings is 1. The number of hydrogen-bond donors (Lipinski definition) is 1. The van der Waals surface area contributed by atoms with Crippen molar-refractivity contribution in [2.24, 2.45) is 5.10 Å². The number of halogens is 3. The molecule has 1 amide bonds. The second-order valence-electron chi connectivity index (χ2n) is 8.24. The van der Waals surface area contributed by atoms with Crippen molar-refractivity contribution in [3.8, 4) is 17.0 Å². The topological polar surface area (TPSA) is 75.0 Å². The number of benzene rings is 2. The Morgan fingerprint density at radius 3 is 2.56 bits per heavy atom. The highest BCUT2D eigenvalue weighted by atomic mass is 19.4. The van der Waals surface area contributed by atoms with E-state index >= 15 is 0 Å². The van der Waals surface area contributed by atoms with Gasteiger partial charge in [0.15, 0.2) is 0 Å². The number of rotatable bonds is 6. The SMILES string of the molecule is CCCCOc1ccc(-c2cc(C(=O)N3N=C(C)CC3(O)C(F)(F)F)c3ccccc3n2)cc1. The van der Waals surface area contributed by atoms with E-state index < -0.39 is 24.2 Å². The van der Waals surface area contributed by atoms with Crippen LogP contribution in [0.3, 0.4) is 0 Å². The molecular weight excluding hydrogens is 447 g/mol. The van der Waals surface area contributed by atoms with Gasteiger partial charge in [-0.25, -0.2) is 4.98 Å². The second-order valence-corrected chi connectivity index (χ2v) is 8.24. The molecule has 0 saturated carbocycles. The third-order valence-electron chi connectivity index (χ3n) is 5.63. The fraction of sp³-hybridized carbons (Fsp3) is 0.320. The van der Waals surface area contributed by atoms with Gasteiger partial charge in [0, 0.05) is 23.1 Å². The van der Waals surface area contributed by atoms with E-state index in [0.717, 1.165) is 12.8 Å². The Balaban J connectivity index is 1.76. The Labute approximate surface area is 194 Å². The number of carbonyl (C=O) groups is 1. The van der Waals surface area contributed by atoms with Crippen molar-refractivity contribution in [2.75, 3.05) is 6.61 Å². The van der Waals surface area contributed by atoms with Gasteiger partial charge in [0.1, 0.15) is 5.75 Å². The summed E-state index contributed by atoms with van der Waals surface area (Å²) in [6, 6.07) is 15.2. The average molecular weight is 471 g/mol. The van der Waals surface area contributed by atoms with Crippen molar-refractivity contribution in [2.45, 2.75) is 45.0 Å². The van der Waals surface area contributed by atoms with Crippen LogP contribution in [0.25, 0.3) is 22.2 Å². The summed E-state index contributed by atoms with van der Waals surface area (Å²) >= 11 is 0. The summed E-state index contributed by atoms with van der Waals surface area (Å²) in [4.78, 5) is 18.0. The number of ether oxygens (including phenoxy) is 1. The Hall–Kier alpha value is -3.46. The molecule has 1 unspecified atom stereocenters. The second kappa shape index (κ2) is 9.06. The summed E-state index contributed by atoms with van der Waals surface area (Å²) in [5.41, 5.74) is -1.94. The minimum absolute atomic E-state index is 0.00502. The number of para-hydroxylation sites is 1. The Morgan fingerprint density at radius 2 is 1.88 bits per heavy atom. The third kappa shape index (κ3) is 4.35. The van der Waals surface area contributed by atoms with Crippen LogP contribution in [0.2, 0.25) is 0 Å². The lowest BCUT2D eigenvalue weighted by atomic mass is 10.0. The van der Waals surface area contributed by atoms with Crippen LogP contribution >= 0.6 is 0 Å². The van der Waals surface area contributed by atoms with Crippen molar-refractivity contribution < 1.29 is 27.8 Å². The van der Waals surface area contributed by atoms with Crippen molar-refractivity contribution in [1.82, 2.24) is 9.99 Å². The molecule has 0 fully saturated rings. The van der Waals surface area contributed by atoms with Crippen molar-refractivity contribution in [1.29, 1.82) is 0 Å². The molecule has 0 bridgehead atoms. The first-order valence-corrected chi connectivity index (χ1v) is 10.9. The van der Waals surface area contributed by atoms with Gasteiger partial charge in [0.2, 0.25) is 0 Å². The molecule has 0 aliphatic carbocycles. The van der Waals surface area contributed by atoms with E-state index in [1.807, 2.05) is 0 Å². The fourth-order valence-electron chi connectivity index (χ4n) is 3.82. The van der Waals surface area contributed by atoms with E-state index in [2.05, 4.69) is 17.0 Å². The van der Waals surface area contributed by atoms with Crippen LogP contribution in [-0.4, -0.2) is 45.2 Å². The molecule has 0 radical (unpaired) electrons. The molecule has 0 spiro atoms. The Morgan fingerprint density at radius 1 is 1.18 bits per heavy atom. The summed E-state index contributed by atoms with van der Waals surface area (Å²) in [7, 11) is 0. The van der Waals surface area contributed by atoms with Gasteiger partial charge in [-0.3, -0.25) is 4.79 Å². The zero-order valence-corrected chi connectivity index (χ0v) is 18.8. The summed E-state index contributed by atoms with van der Waals surface area (Å²) in [6.07, 6.45) is -3.94. The summed E-state index contributed by atoms with van der Waals surface area (Å²) in [6.45, 7) is 4.01. The maximum atomic E-state index is 13.7. The molecule has 6 nitrogen and oxygen atoms in total. The van der Waals surface area contributed by atoms with Crippen molar-refractivity contribution >= 4 is 22.5 Å². The minimum atomic E-state index is -5.08. The summed E-state index contributed by atoms with van der Waals surface area (Å²) in [5, 5.41) is 14.6. The molecule has 2 heterocycles. The van der Waals surface area contributed by atoms with Crippen LogP contribution < -0.4 is 4.74 Å². The molecule has 4 rings (SSSR count). The lowest BCUT2D eigenvalue weighted by molar-refractivity contribution is -0.297. The highest BCUT2D eigenvalue weighted by Gasteiger charge is 2.62. The maximum absolute atomic E-state index is 13.7. The number of fused-ring (bicyclic) bond motifs is 1. The van der Waals surface area contributed by atoms with Gasteiger partial charge in [0.05, 0.1) is 23.4 Å². The first kappa shape index (κ1) is 23.7. The van der Waals surface area contributed by atoms with Crippen LogP contribution in [0.15, 0.2) is 59.7 Å². The minimum Gasteiger partial charge on any atom is -0.494 e. The predicted molar refractivity (Wildman–Crippen MR) is 122 cm³/mol. The lowest BCUT2D eigenvalue weighted by Crippen LogP contribution is -2.56. The number of hydrogen-bond acceptors (Lipinski definition) is 5. The van der Waals surface area contributed by atoms with Crippen LogP contribution in [0, 0.1) is 0 Å². The van der Waals surface area contributed by atoms with Crippen LogP contribution in [0.1, 0.15) is 43.5 Å². The molecule has 0 saturated heterocycles. The molecule has 3 aromatic rings. The molecular formula is C25H24F3N3O3. The first-order valence-electron chi connectivity index (χ1n) is 10.9. The van der Waals surface area contributed by atoms with Crippen molar-refractivity contribution in [3.63, 3.8) is 0 Å². The highest BCUT2D eigenvalue weighted by Crippen LogP contribution is 2.41. The van der Waals surface area contributed by atoms with Crippen molar-refractivity contribution in [3.05, 3.63) is 60.2 Å². The van der Waals surface area contributed by atoms with Gasteiger partial charge in [-0.2, -0.15) is 23.3 Å². The molecule has 1 atom stereocenters. The number of aliphatic hydroxyl groups is 1. The first-order chi connectivity index (χ1) is 16.1. The number of nitrogens with zero attached hydrogens (tertiary/aromatic N) is 3. The van der Waals surface area contributed by atoms with E-state index in [1.54, 1.807) is 48.5 Å². The number of hydrazone groups is 1. The predicted octanol–water partition coefficient (Wildman–Crippen LogP) is 5.55. The van der Waals surface area contributed by atoms with Gasteiger partial charge in [-0.15, -0.1) is 0 Å². The van der Waals surface area contributed by atoms with Gasteiger partial charge in [-0.05, 0) is 49.7 Å². The molecule has 178 valence electrons. The average Bonchev–Trinajstić information content (AvgIpc) is 3.14. The van der Waals surface area contributed by atoms with E-state index in [0.29, 0.717) is 34.5 Å². The molecule has 1 aromatic heterocycles. The third-order valence-corrected chi connectivity index (χ3v) is 5.63. The van der Waals surface area contributed by atoms with Crippen LogP contribution in [0.4, 0.5) is 13.2 Å². The monoisotopic (exact) mass is 471 g/mol. The molecule has 2 aromatic carbocycles. The fourth-order valence-corrected chi connectivity index (χ4v) is 3.82. The Bertz CT molecular complexity index is 1240. The zero-order valence-electron chi connectivity index (χ0n) is 18.8. The van der Waals surface area contributed by atoms with E-state index in [-0.39, 0.29) is 16.3 Å². The molecule has 9 heteroatoms. The van der Waals surface area contributed by atoms with Gasteiger partial charge in [0.25, 0.3) is 11.6 Å². The number of unbranched alkanes of at least 4 members (excludes halogenated alkanes) is 1. The van der Waals surface area contributed by atoms with Gasteiger partial charge in [-0.1, -0.05) is 31.5 Å². The van der Waals surface area contributed by atoms with Crippen LogP contribution in [-0.2, 0) is 0 Å². The molecule has 1 N–H and O–H groups in total. The van der Waals surface area contributed by atoms with E-state index in [4.69, 9.17) is 4.74 Å². The Kier molecular flexibility index (Phi) is 6.31. The van der Waals surface area contributed by atoms with E-state index in [9.17, 15) is 23.1 Å². The van der Waals surface area contributed by atoms with E-state index in [1.165, 1.54) is 13.0 Å². The van der Waals surface area contributed by atoms with Crippen LogP contribution in [0.5, 0.6) is 5.75 Å². The zero-order chi connectivity index (χ0) is 24.5. The smallest absolute Gasteiger partial charge is 0.438 e. The number of aromatic nitrogens is 1. The maximum Gasteiger partial charge on any atom is 0.438 e. The molecule has 1 aliphatic heterocycles. The quantitative estimate of drug-likeness (QED) is 0.478.